The molecule has 10 nitrogen and oxygen atoms in total. The summed E-state index contributed by atoms with van der Waals surface area (Å²) in [5.74, 6) is 1.02. The molecule has 2 aromatic heterocycles. The highest BCUT2D eigenvalue weighted by atomic mass is 35.5. The van der Waals surface area contributed by atoms with Gasteiger partial charge in [-0.05, 0) is 32.1 Å². The Morgan fingerprint density at radius 1 is 0.891 bits per heavy atom. The molecule has 1 amide bonds. The van der Waals surface area contributed by atoms with E-state index in [2.05, 4.69) is 20.6 Å². The van der Waals surface area contributed by atoms with Crippen molar-refractivity contribution in [3.05, 3.63) is 70.2 Å². The quantitative estimate of drug-likeness (QED) is 0.186. The molecule has 2 aromatic carbocycles. The van der Waals surface area contributed by atoms with Crippen LogP contribution in [-0.4, -0.2) is 65.4 Å². The van der Waals surface area contributed by atoms with Crippen molar-refractivity contribution in [1.29, 1.82) is 0 Å². The number of nitrogens with zero attached hydrogens (tertiary/aromatic N) is 4. The number of benzene rings is 2. The summed E-state index contributed by atoms with van der Waals surface area (Å²) < 4.78 is 16.7. The van der Waals surface area contributed by atoms with E-state index in [1.54, 1.807) is 26.6 Å². The number of carbonyl (C=O) groups excluding carboxylic acids is 1. The first-order chi connectivity index (χ1) is 22.4. The monoisotopic (exact) mass is 662 g/mol. The minimum absolute atomic E-state index is 0.126. The Morgan fingerprint density at radius 2 is 1.50 bits per heavy atom. The second-order valence-corrected chi connectivity index (χ2v) is 12.1. The summed E-state index contributed by atoms with van der Waals surface area (Å²) in [6.45, 7) is 1.98. The fraction of sp³-hybridized carbons (Fsp3) is 0.382. The molecule has 46 heavy (non-hydrogen) atoms. The summed E-state index contributed by atoms with van der Waals surface area (Å²) in [4.78, 5) is 30.3. The molecular weight excluding hydrogens is 627 g/mol. The fourth-order valence-corrected chi connectivity index (χ4v) is 6.54. The molecule has 6 rings (SSSR count). The Kier molecular flexibility index (Phi) is 10.3. The van der Waals surface area contributed by atoms with Crippen LogP contribution >= 0.6 is 23.2 Å². The minimum Gasteiger partial charge on any atom is -0.480 e. The second-order valence-electron chi connectivity index (χ2n) is 11.4. The minimum atomic E-state index is 0.126. The van der Waals surface area contributed by atoms with Crippen LogP contribution in [0.15, 0.2) is 48.8 Å². The van der Waals surface area contributed by atoms with Gasteiger partial charge in [-0.25, -0.2) is 9.97 Å². The number of amides is 1. The van der Waals surface area contributed by atoms with Gasteiger partial charge in [0.25, 0.3) is 0 Å². The Hall–Kier alpha value is -3.83. The Bertz CT molecular complexity index is 1720. The maximum atomic E-state index is 11.5. The van der Waals surface area contributed by atoms with Crippen molar-refractivity contribution < 1.29 is 19.0 Å². The highest BCUT2D eigenvalue weighted by molar-refractivity contribution is 6.39. The SMILES string of the molecule is COc1nc(-c2cccc(-c3cccc(-c4cnc(CN[C@H]5CCOC5)c(OC)n4)c3Cl)c2Cl)cnc1CCC[C@@H]1CCC(=O)N1. The number of rotatable bonds is 12. The third kappa shape index (κ3) is 7.10. The molecule has 4 heterocycles. The van der Waals surface area contributed by atoms with Gasteiger partial charge in [-0.1, -0.05) is 59.6 Å². The first kappa shape index (κ1) is 32.1. The zero-order chi connectivity index (χ0) is 32.0. The number of methoxy groups -OCH3 is 2. The summed E-state index contributed by atoms with van der Waals surface area (Å²) in [6, 6.07) is 12.0. The molecule has 2 aliphatic rings. The van der Waals surface area contributed by atoms with Gasteiger partial charge in [-0.2, -0.15) is 0 Å². The summed E-state index contributed by atoms with van der Waals surface area (Å²) >= 11 is 14.1. The smallest absolute Gasteiger partial charge is 0.237 e. The number of aromatic nitrogens is 4. The molecule has 4 aromatic rings. The van der Waals surface area contributed by atoms with Gasteiger partial charge in [-0.15, -0.1) is 0 Å². The molecule has 2 fully saturated rings. The van der Waals surface area contributed by atoms with Crippen LogP contribution in [0.4, 0.5) is 0 Å². The first-order valence-corrected chi connectivity index (χ1v) is 16.2. The van der Waals surface area contributed by atoms with Crippen LogP contribution in [0.5, 0.6) is 11.8 Å². The van der Waals surface area contributed by atoms with E-state index in [0.29, 0.717) is 82.0 Å². The van der Waals surface area contributed by atoms with Crippen LogP contribution in [0.1, 0.15) is 43.5 Å². The number of nitrogens with one attached hydrogen (secondary N) is 2. The maximum Gasteiger partial charge on any atom is 0.237 e. The molecular formula is C34H36Cl2N6O4. The first-order valence-electron chi connectivity index (χ1n) is 15.4. The van der Waals surface area contributed by atoms with Crippen molar-refractivity contribution in [2.75, 3.05) is 27.4 Å². The Morgan fingerprint density at radius 3 is 2.07 bits per heavy atom. The molecule has 2 atom stereocenters. The number of halogens is 2. The lowest BCUT2D eigenvalue weighted by molar-refractivity contribution is -0.119. The lowest BCUT2D eigenvalue weighted by Crippen LogP contribution is -2.29. The number of hydrogen-bond acceptors (Lipinski definition) is 9. The van der Waals surface area contributed by atoms with Crippen molar-refractivity contribution in [3.63, 3.8) is 0 Å². The van der Waals surface area contributed by atoms with Crippen molar-refractivity contribution in [2.45, 2.75) is 57.2 Å². The van der Waals surface area contributed by atoms with Gasteiger partial charge in [0.15, 0.2) is 0 Å². The van der Waals surface area contributed by atoms with E-state index in [4.69, 9.17) is 47.4 Å². The molecule has 0 unspecified atom stereocenters. The van der Waals surface area contributed by atoms with Gasteiger partial charge in [0, 0.05) is 53.9 Å². The number of aryl methyl sites for hydroxylation is 1. The predicted molar refractivity (Wildman–Crippen MR) is 177 cm³/mol. The van der Waals surface area contributed by atoms with Gasteiger partial charge in [0.05, 0.1) is 54.7 Å². The van der Waals surface area contributed by atoms with E-state index < -0.39 is 0 Å². The van der Waals surface area contributed by atoms with Crippen molar-refractivity contribution in [3.8, 4) is 45.4 Å². The van der Waals surface area contributed by atoms with Crippen molar-refractivity contribution in [1.82, 2.24) is 30.6 Å². The van der Waals surface area contributed by atoms with Crippen LogP contribution in [0.2, 0.25) is 10.0 Å². The molecule has 12 heteroatoms. The third-order valence-corrected chi connectivity index (χ3v) is 9.20. The molecule has 2 N–H and O–H groups in total. The largest absolute Gasteiger partial charge is 0.480 e. The van der Waals surface area contributed by atoms with E-state index in [1.807, 2.05) is 36.4 Å². The molecule has 0 saturated carbocycles. The molecule has 240 valence electrons. The maximum absolute atomic E-state index is 11.5. The Balaban J connectivity index is 1.23. The van der Waals surface area contributed by atoms with Crippen LogP contribution in [0.25, 0.3) is 33.6 Å². The molecule has 0 bridgehead atoms. The van der Waals surface area contributed by atoms with Crippen molar-refractivity contribution in [2.24, 2.45) is 0 Å². The van der Waals surface area contributed by atoms with Crippen LogP contribution in [0.3, 0.4) is 0 Å². The van der Waals surface area contributed by atoms with Crippen LogP contribution in [0, 0.1) is 0 Å². The molecule has 2 saturated heterocycles. The van der Waals surface area contributed by atoms with E-state index in [9.17, 15) is 4.79 Å². The highest BCUT2D eigenvalue weighted by Crippen LogP contribution is 2.42. The lowest BCUT2D eigenvalue weighted by atomic mass is 9.98. The number of carbonyl (C=O) groups is 1. The van der Waals surface area contributed by atoms with E-state index in [0.717, 1.165) is 49.1 Å². The summed E-state index contributed by atoms with van der Waals surface area (Å²) in [7, 11) is 3.17. The number of hydrogen-bond donors (Lipinski definition) is 2. The van der Waals surface area contributed by atoms with Gasteiger partial charge in [0.1, 0.15) is 11.4 Å². The summed E-state index contributed by atoms with van der Waals surface area (Å²) in [5.41, 5.74) is 5.56. The fourth-order valence-electron chi connectivity index (χ4n) is 5.90. The molecule has 2 aliphatic heterocycles. The van der Waals surface area contributed by atoms with E-state index in [-0.39, 0.29) is 11.9 Å². The van der Waals surface area contributed by atoms with Gasteiger partial charge >= 0.3 is 0 Å². The number of ether oxygens (including phenoxy) is 3. The average molecular weight is 664 g/mol. The zero-order valence-corrected chi connectivity index (χ0v) is 27.3. The third-order valence-electron chi connectivity index (χ3n) is 8.39. The molecule has 0 aliphatic carbocycles. The second kappa shape index (κ2) is 14.7. The van der Waals surface area contributed by atoms with Crippen LogP contribution < -0.4 is 20.1 Å². The highest BCUT2D eigenvalue weighted by Gasteiger charge is 2.22. The summed E-state index contributed by atoms with van der Waals surface area (Å²) in [6.07, 6.45) is 8.33. The summed E-state index contributed by atoms with van der Waals surface area (Å²) in [5, 5.41) is 7.44. The standard InChI is InChI=1S/C34H36Cl2N6O4/c1-44-33-26(11-3-6-20-12-13-30(43)40-20)38-16-27(41-33)24-9-4-7-22(31(24)35)23-8-5-10-25(32(23)36)28-17-39-29(34(42-28)45-2)18-37-21-14-15-46-19-21/h4-5,7-10,16-17,20-21,37H,3,6,11-15,18-19H2,1-2H3,(H,40,43)/t20-,21+/m1/s1. The zero-order valence-electron chi connectivity index (χ0n) is 25.8. The van der Waals surface area contributed by atoms with Gasteiger partial charge in [-0.3, -0.25) is 14.8 Å². The average Bonchev–Trinajstić information content (AvgIpc) is 3.76. The van der Waals surface area contributed by atoms with E-state index >= 15 is 0 Å². The van der Waals surface area contributed by atoms with E-state index in [1.165, 1.54) is 0 Å². The normalized spacial score (nSPS) is 17.7. The van der Waals surface area contributed by atoms with Crippen molar-refractivity contribution >= 4 is 29.1 Å². The predicted octanol–water partition coefficient (Wildman–Crippen LogP) is 6.07. The van der Waals surface area contributed by atoms with Gasteiger partial charge < -0.3 is 24.8 Å². The molecule has 0 radical (unpaired) electrons. The Labute approximate surface area is 278 Å². The lowest BCUT2D eigenvalue weighted by Gasteiger charge is -2.15. The topological polar surface area (TPSA) is 120 Å². The van der Waals surface area contributed by atoms with Crippen LogP contribution in [-0.2, 0) is 22.5 Å². The molecule has 0 spiro atoms. The van der Waals surface area contributed by atoms with Gasteiger partial charge in [0.2, 0.25) is 17.7 Å².